The maximum atomic E-state index is 11.1. The van der Waals surface area contributed by atoms with Crippen LogP contribution in [0.15, 0.2) is 29.3 Å². The summed E-state index contributed by atoms with van der Waals surface area (Å²) < 4.78 is 4.73. The van der Waals surface area contributed by atoms with Gasteiger partial charge in [-0.1, -0.05) is 12.1 Å². The third-order valence-electron chi connectivity index (χ3n) is 2.33. The number of nitro groups is 1. The van der Waals surface area contributed by atoms with Crippen molar-refractivity contribution in [3.63, 3.8) is 0 Å². The van der Waals surface area contributed by atoms with Crippen molar-refractivity contribution in [1.29, 1.82) is 0 Å². The molecule has 1 aromatic carbocycles. The summed E-state index contributed by atoms with van der Waals surface area (Å²) in [5, 5.41) is 19.7. The second kappa shape index (κ2) is 7.85. The molecule has 0 saturated heterocycles. The standard InChI is InChI=1S/C12H15N3O5/c1-2-20-11(16)6-7-13-12(14-17)9-4-3-5-10(8-9)15(18)19/h3-5,8,17H,2,6-7H2,1H3,(H,13,14). The van der Waals surface area contributed by atoms with Gasteiger partial charge in [-0.3, -0.25) is 30.6 Å². The Balaban J connectivity index is 2.77. The molecule has 0 amide bonds. The van der Waals surface area contributed by atoms with Gasteiger partial charge in [0.1, 0.15) is 0 Å². The first-order valence-corrected chi connectivity index (χ1v) is 5.93. The van der Waals surface area contributed by atoms with Crippen molar-refractivity contribution in [3.05, 3.63) is 39.9 Å². The number of hydrogen-bond donors (Lipinski definition) is 2. The number of esters is 1. The summed E-state index contributed by atoms with van der Waals surface area (Å²) in [7, 11) is 0. The normalized spacial score (nSPS) is 11.0. The van der Waals surface area contributed by atoms with Gasteiger partial charge in [0.05, 0.1) is 24.5 Å². The molecule has 0 heterocycles. The van der Waals surface area contributed by atoms with Crippen LogP contribution in [0.1, 0.15) is 18.9 Å². The summed E-state index contributed by atoms with van der Waals surface area (Å²) in [5.74, 6) is -0.342. The van der Waals surface area contributed by atoms with E-state index in [1.54, 1.807) is 13.0 Å². The maximum absolute atomic E-state index is 11.1. The average molecular weight is 281 g/mol. The summed E-state index contributed by atoms with van der Waals surface area (Å²) in [4.78, 5) is 25.2. The topological polar surface area (TPSA) is 114 Å². The molecule has 0 aliphatic rings. The number of hydrogen-bond acceptors (Lipinski definition) is 6. The fourth-order valence-corrected chi connectivity index (χ4v) is 1.45. The number of non-ortho nitro benzene ring substituents is 1. The van der Waals surface area contributed by atoms with E-state index >= 15 is 0 Å². The van der Waals surface area contributed by atoms with Gasteiger partial charge in [-0.05, 0) is 6.92 Å². The lowest BCUT2D eigenvalue weighted by Crippen LogP contribution is -2.21. The van der Waals surface area contributed by atoms with Gasteiger partial charge in [-0.25, -0.2) is 0 Å². The van der Waals surface area contributed by atoms with Gasteiger partial charge >= 0.3 is 5.97 Å². The molecule has 0 atom stereocenters. The van der Waals surface area contributed by atoms with Crippen LogP contribution in [0.4, 0.5) is 5.69 Å². The summed E-state index contributed by atoms with van der Waals surface area (Å²) >= 11 is 0. The molecule has 20 heavy (non-hydrogen) atoms. The largest absolute Gasteiger partial charge is 0.466 e. The molecule has 8 heteroatoms. The molecular weight excluding hydrogens is 266 g/mol. The van der Waals surface area contributed by atoms with E-state index in [1.165, 1.54) is 18.2 Å². The van der Waals surface area contributed by atoms with Gasteiger partial charge in [0.25, 0.3) is 5.69 Å². The first-order chi connectivity index (χ1) is 9.58. The van der Waals surface area contributed by atoms with Crippen LogP contribution in [0.2, 0.25) is 0 Å². The fourth-order valence-electron chi connectivity index (χ4n) is 1.45. The Bertz CT molecular complexity index is 516. The van der Waals surface area contributed by atoms with Crippen molar-refractivity contribution in [3.8, 4) is 0 Å². The van der Waals surface area contributed by atoms with E-state index in [-0.39, 0.29) is 24.5 Å². The summed E-state index contributed by atoms with van der Waals surface area (Å²) in [6.45, 7) is 2.09. The molecule has 2 N–H and O–H groups in total. The SMILES string of the molecule is CCOC(=O)CCN=C(NO)c1cccc([N+](=O)[O-])c1. The van der Waals surface area contributed by atoms with E-state index in [4.69, 9.17) is 9.94 Å². The lowest BCUT2D eigenvalue weighted by molar-refractivity contribution is -0.384. The van der Waals surface area contributed by atoms with Crippen molar-refractivity contribution in [2.75, 3.05) is 13.2 Å². The van der Waals surface area contributed by atoms with E-state index in [0.29, 0.717) is 12.2 Å². The van der Waals surface area contributed by atoms with Gasteiger partial charge < -0.3 is 4.74 Å². The molecule has 1 aromatic rings. The Hall–Kier alpha value is -2.48. The highest BCUT2D eigenvalue weighted by atomic mass is 16.6. The van der Waals surface area contributed by atoms with Crippen molar-refractivity contribution >= 4 is 17.5 Å². The van der Waals surface area contributed by atoms with Crippen LogP contribution in [0.25, 0.3) is 0 Å². The van der Waals surface area contributed by atoms with Gasteiger partial charge in [-0.15, -0.1) is 0 Å². The van der Waals surface area contributed by atoms with Crippen LogP contribution in [0.5, 0.6) is 0 Å². The molecule has 108 valence electrons. The molecule has 0 bridgehead atoms. The maximum Gasteiger partial charge on any atom is 0.307 e. The molecule has 0 aliphatic carbocycles. The van der Waals surface area contributed by atoms with Crippen molar-refractivity contribution in [2.24, 2.45) is 4.99 Å². The Morgan fingerprint density at radius 3 is 2.90 bits per heavy atom. The molecule has 0 saturated carbocycles. The number of rotatable bonds is 6. The van der Waals surface area contributed by atoms with E-state index in [0.717, 1.165) is 0 Å². The number of carbonyl (C=O) groups is 1. The number of aliphatic imine (C=N–C) groups is 1. The van der Waals surface area contributed by atoms with Crippen LogP contribution in [-0.4, -0.2) is 35.1 Å². The zero-order valence-corrected chi connectivity index (χ0v) is 10.9. The number of carbonyl (C=O) groups excluding carboxylic acids is 1. The minimum atomic E-state index is -0.545. The number of nitrogens with zero attached hydrogens (tertiary/aromatic N) is 2. The second-order valence-corrected chi connectivity index (χ2v) is 3.70. The molecule has 8 nitrogen and oxygen atoms in total. The van der Waals surface area contributed by atoms with Crippen LogP contribution < -0.4 is 5.48 Å². The van der Waals surface area contributed by atoms with Gasteiger partial charge in [0.15, 0.2) is 5.84 Å². The van der Waals surface area contributed by atoms with Crippen LogP contribution in [0.3, 0.4) is 0 Å². The van der Waals surface area contributed by atoms with E-state index in [9.17, 15) is 14.9 Å². The zero-order valence-electron chi connectivity index (χ0n) is 10.9. The van der Waals surface area contributed by atoms with E-state index < -0.39 is 10.9 Å². The van der Waals surface area contributed by atoms with Crippen molar-refractivity contribution in [1.82, 2.24) is 5.48 Å². The molecule has 0 aliphatic heterocycles. The highest BCUT2D eigenvalue weighted by Crippen LogP contribution is 2.13. The van der Waals surface area contributed by atoms with E-state index in [1.807, 2.05) is 5.48 Å². The lowest BCUT2D eigenvalue weighted by atomic mass is 10.2. The van der Waals surface area contributed by atoms with Crippen molar-refractivity contribution in [2.45, 2.75) is 13.3 Å². The molecular formula is C12H15N3O5. The van der Waals surface area contributed by atoms with Gasteiger partial charge in [0, 0.05) is 17.7 Å². The quantitative estimate of drug-likeness (QED) is 0.267. The molecule has 0 unspecified atom stereocenters. The third-order valence-corrected chi connectivity index (χ3v) is 2.33. The smallest absolute Gasteiger partial charge is 0.307 e. The van der Waals surface area contributed by atoms with Crippen LogP contribution >= 0.6 is 0 Å². The van der Waals surface area contributed by atoms with Gasteiger partial charge in [0.2, 0.25) is 0 Å². The van der Waals surface area contributed by atoms with Crippen LogP contribution in [0, 0.1) is 10.1 Å². The van der Waals surface area contributed by atoms with Gasteiger partial charge in [-0.2, -0.15) is 0 Å². The first-order valence-electron chi connectivity index (χ1n) is 5.93. The Labute approximate surface area is 115 Å². The summed E-state index contributed by atoms with van der Waals surface area (Å²) in [6.07, 6.45) is 0.0634. The second-order valence-electron chi connectivity index (χ2n) is 3.70. The number of ether oxygens (including phenoxy) is 1. The predicted molar refractivity (Wildman–Crippen MR) is 70.7 cm³/mol. The minimum absolute atomic E-state index is 0.0537. The first kappa shape index (κ1) is 15.6. The van der Waals surface area contributed by atoms with Crippen molar-refractivity contribution < 1.29 is 19.7 Å². The molecule has 0 spiro atoms. The summed E-state index contributed by atoms with van der Waals surface area (Å²) in [5.41, 5.74) is 2.10. The van der Waals surface area contributed by atoms with Crippen LogP contribution in [-0.2, 0) is 9.53 Å². The number of amidine groups is 1. The Morgan fingerprint density at radius 2 is 2.30 bits per heavy atom. The molecule has 0 aromatic heterocycles. The Kier molecular flexibility index (Phi) is 6.11. The monoisotopic (exact) mass is 281 g/mol. The minimum Gasteiger partial charge on any atom is -0.466 e. The third kappa shape index (κ3) is 4.65. The number of nitro benzene ring substituents is 1. The highest BCUT2D eigenvalue weighted by Gasteiger charge is 2.09. The average Bonchev–Trinajstić information content (AvgIpc) is 2.44. The Morgan fingerprint density at radius 1 is 1.55 bits per heavy atom. The molecule has 0 radical (unpaired) electrons. The van der Waals surface area contributed by atoms with E-state index in [2.05, 4.69) is 4.99 Å². The number of hydroxylamine groups is 1. The molecule has 0 fully saturated rings. The molecule has 1 rings (SSSR count). The fraction of sp³-hybridized carbons (Fsp3) is 0.333. The number of nitrogens with one attached hydrogen (secondary N) is 1. The highest BCUT2D eigenvalue weighted by molar-refractivity contribution is 5.98. The zero-order chi connectivity index (χ0) is 15.0. The number of benzene rings is 1. The summed E-state index contributed by atoms with van der Waals surface area (Å²) in [6, 6.07) is 5.63. The lowest BCUT2D eigenvalue weighted by Gasteiger charge is -2.05. The predicted octanol–water partition coefficient (Wildman–Crippen LogP) is 1.27.